The number of rotatable bonds is 7. The fourth-order valence-corrected chi connectivity index (χ4v) is 2.95. The normalized spacial score (nSPS) is 11.5. The van der Waals surface area contributed by atoms with Crippen molar-refractivity contribution in [3.63, 3.8) is 0 Å². The number of nitrogens with one attached hydrogen (secondary N) is 1. The average Bonchev–Trinajstić information content (AvgIpc) is 3.05. The van der Waals surface area contributed by atoms with E-state index in [4.69, 9.17) is 9.47 Å². The van der Waals surface area contributed by atoms with Crippen molar-refractivity contribution in [1.29, 1.82) is 0 Å². The summed E-state index contributed by atoms with van der Waals surface area (Å²) >= 11 is 0. The van der Waals surface area contributed by atoms with Crippen molar-refractivity contribution < 1.29 is 13.9 Å². The molecule has 1 N–H and O–H groups in total. The Labute approximate surface area is 159 Å². The molecular weight excluding hydrogens is 369 g/mol. The first kappa shape index (κ1) is 19.8. The number of ether oxygens (including phenoxy) is 2. The van der Waals surface area contributed by atoms with E-state index in [0.717, 1.165) is 10.1 Å². The van der Waals surface area contributed by atoms with Crippen molar-refractivity contribution in [3.05, 3.63) is 56.5 Å². The van der Waals surface area contributed by atoms with Gasteiger partial charge in [0.15, 0.2) is 17.5 Å². The highest BCUT2D eigenvalue weighted by Gasteiger charge is 2.20. The Morgan fingerprint density at radius 2 is 1.75 bits per heavy atom. The minimum atomic E-state index is -0.522. The van der Waals surface area contributed by atoms with Crippen molar-refractivity contribution in [3.8, 4) is 0 Å². The second kappa shape index (κ2) is 7.95. The molecule has 0 amide bonds. The maximum Gasteiger partial charge on any atom is 0.332 e. The Balaban J connectivity index is 2.15. The third kappa shape index (κ3) is 3.56. The number of halogens is 1. The number of imidazole rings is 1. The van der Waals surface area contributed by atoms with Crippen LogP contribution in [0.5, 0.6) is 0 Å². The van der Waals surface area contributed by atoms with Crippen molar-refractivity contribution in [2.24, 2.45) is 14.1 Å². The number of aromatic nitrogens is 4. The predicted molar refractivity (Wildman–Crippen MR) is 102 cm³/mol. The molecule has 0 aliphatic carbocycles. The molecule has 0 saturated heterocycles. The van der Waals surface area contributed by atoms with Crippen LogP contribution in [0.3, 0.4) is 0 Å². The number of benzene rings is 1. The van der Waals surface area contributed by atoms with Crippen LogP contribution < -0.4 is 16.6 Å². The van der Waals surface area contributed by atoms with Crippen molar-refractivity contribution >= 4 is 17.1 Å². The summed E-state index contributed by atoms with van der Waals surface area (Å²) in [7, 11) is 5.99. The average molecular weight is 391 g/mol. The number of anilines is 1. The van der Waals surface area contributed by atoms with Gasteiger partial charge in [0.25, 0.3) is 5.56 Å². The Hall–Kier alpha value is -2.98. The summed E-state index contributed by atoms with van der Waals surface area (Å²) in [6.07, 6.45) is -0.522. The van der Waals surface area contributed by atoms with E-state index in [2.05, 4.69) is 10.3 Å². The molecule has 0 fully saturated rings. The molecule has 0 aliphatic rings. The SMILES string of the molecule is COC(CNc1nc2c(c(=O)n(C)c(=O)n2C)n1Cc1ccc(F)cc1)OC. The van der Waals surface area contributed by atoms with Crippen molar-refractivity contribution in [1.82, 2.24) is 18.7 Å². The summed E-state index contributed by atoms with van der Waals surface area (Å²) in [6, 6.07) is 5.96. The fraction of sp³-hybridized carbons (Fsp3) is 0.389. The molecule has 0 atom stereocenters. The lowest BCUT2D eigenvalue weighted by Gasteiger charge is -2.15. The van der Waals surface area contributed by atoms with E-state index in [1.54, 1.807) is 23.7 Å². The van der Waals surface area contributed by atoms with Gasteiger partial charge in [-0.3, -0.25) is 18.5 Å². The van der Waals surface area contributed by atoms with Crippen LogP contribution in [0.2, 0.25) is 0 Å². The third-order valence-electron chi connectivity index (χ3n) is 4.55. The Morgan fingerprint density at radius 1 is 1.11 bits per heavy atom. The smallest absolute Gasteiger partial charge is 0.332 e. The van der Waals surface area contributed by atoms with Gasteiger partial charge in [-0.15, -0.1) is 0 Å². The van der Waals surface area contributed by atoms with E-state index in [9.17, 15) is 14.0 Å². The van der Waals surface area contributed by atoms with Crippen molar-refractivity contribution in [2.45, 2.75) is 12.8 Å². The molecule has 3 rings (SSSR count). The number of hydrogen-bond donors (Lipinski definition) is 1. The second-order valence-corrected chi connectivity index (χ2v) is 6.31. The first-order valence-electron chi connectivity index (χ1n) is 8.57. The number of methoxy groups -OCH3 is 2. The largest absolute Gasteiger partial charge is 0.354 e. The molecule has 3 aromatic rings. The van der Waals surface area contributed by atoms with Crippen LogP contribution in [-0.4, -0.2) is 45.7 Å². The summed E-state index contributed by atoms with van der Waals surface area (Å²) in [5.74, 6) is 0.0238. The van der Waals surface area contributed by atoms with Gasteiger partial charge in [-0.05, 0) is 17.7 Å². The highest BCUT2D eigenvalue weighted by Crippen LogP contribution is 2.18. The summed E-state index contributed by atoms with van der Waals surface area (Å²) in [5.41, 5.74) is 0.361. The van der Waals surface area contributed by atoms with Crippen LogP contribution in [0.1, 0.15) is 5.56 Å². The van der Waals surface area contributed by atoms with Crippen molar-refractivity contribution in [2.75, 3.05) is 26.1 Å². The highest BCUT2D eigenvalue weighted by molar-refractivity contribution is 5.74. The van der Waals surface area contributed by atoms with Gasteiger partial charge >= 0.3 is 5.69 Å². The Bertz CT molecular complexity index is 1100. The summed E-state index contributed by atoms with van der Waals surface area (Å²) in [4.78, 5) is 29.5. The quantitative estimate of drug-likeness (QED) is 0.595. The molecule has 0 aliphatic heterocycles. The van der Waals surface area contributed by atoms with Crippen LogP contribution in [0.15, 0.2) is 33.9 Å². The molecule has 0 bridgehead atoms. The molecule has 0 radical (unpaired) electrons. The molecule has 10 heteroatoms. The molecule has 0 saturated carbocycles. The van der Waals surface area contributed by atoms with Gasteiger partial charge in [-0.25, -0.2) is 9.18 Å². The molecule has 2 heterocycles. The van der Waals surface area contributed by atoms with Gasteiger partial charge in [0, 0.05) is 28.3 Å². The molecule has 150 valence electrons. The zero-order valence-corrected chi connectivity index (χ0v) is 16.1. The van der Waals surface area contributed by atoms with Gasteiger partial charge in [-0.2, -0.15) is 4.98 Å². The zero-order valence-electron chi connectivity index (χ0n) is 16.1. The lowest BCUT2D eigenvalue weighted by Crippen LogP contribution is -2.37. The van der Waals surface area contributed by atoms with Crippen LogP contribution in [0.4, 0.5) is 10.3 Å². The molecule has 0 spiro atoms. The van der Waals surface area contributed by atoms with Crippen LogP contribution in [0.25, 0.3) is 11.2 Å². The number of fused-ring (bicyclic) bond motifs is 1. The minimum Gasteiger partial charge on any atom is -0.354 e. The maximum absolute atomic E-state index is 13.2. The summed E-state index contributed by atoms with van der Waals surface area (Å²) < 4.78 is 27.6. The lowest BCUT2D eigenvalue weighted by atomic mass is 10.2. The molecular formula is C18H22FN5O4. The van der Waals surface area contributed by atoms with Crippen LogP contribution in [-0.2, 0) is 30.1 Å². The van der Waals surface area contributed by atoms with E-state index in [1.807, 2.05) is 0 Å². The summed E-state index contributed by atoms with van der Waals surface area (Å²) in [5, 5.41) is 3.09. The number of aryl methyl sites for hydroxylation is 1. The van der Waals surface area contributed by atoms with Gasteiger partial charge in [0.1, 0.15) is 5.82 Å². The predicted octanol–water partition coefficient (Wildman–Crippen LogP) is 0.652. The van der Waals surface area contributed by atoms with Gasteiger partial charge < -0.3 is 14.8 Å². The zero-order chi connectivity index (χ0) is 20.4. The number of nitrogens with zero attached hydrogens (tertiary/aromatic N) is 4. The van der Waals surface area contributed by atoms with E-state index >= 15 is 0 Å². The monoisotopic (exact) mass is 391 g/mol. The van der Waals surface area contributed by atoms with Gasteiger partial charge in [0.2, 0.25) is 5.95 Å². The van der Waals surface area contributed by atoms with E-state index in [-0.39, 0.29) is 30.1 Å². The maximum atomic E-state index is 13.2. The van der Waals surface area contributed by atoms with Gasteiger partial charge in [0.05, 0.1) is 13.1 Å². The molecule has 9 nitrogen and oxygen atoms in total. The minimum absolute atomic E-state index is 0.254. The Kier molecular flexibility index (Phi) is 5.61. The summed E-state index contributed by atoms with van der Waals surface area (Å²) in [6.45, 7) is 0.533. The second-order valence-electron chi connectivity index (χ2n) is 6.31. The third-order valence-corrected chi connectivity index (χ3v) is 4.55. The lowest BCUT2D eigenvalue weighted by molar-refractivity contribution is -0.0915. The molecule has 28 heavy (non-hydrogen) atoms. The highest BCUT2D eigenvalue weighted by atomic mass is 19.1. The molecule has 2 aromatic heterocycles. The van der Waals surface area contributed by atoms with E-state index < -0.39 is 17.5 Å². The van der Waals surface area contributed by atoms with Crippen LogP contribution in [0, 0.1) is 5.82 Å². The van der Waals surface area contributed by atoms with Crippen LogP contribution >= 0.6 is 0 Å². The van der Waals surface area contributed by atoms with E-state index in [0.29, 0.717) is 5.95 Å². The molecule has 0 unspecified atom stereocenters. The topological polar surface area (TPSA) is 92.3 Å². The van der Waals surface area contributed by atoms with E-state index in [1.165, 1.54) is 38.0 Å². The van der Waals surface area contributed by atoms with Gasteiger partial charge in [-0.1, -0.05) is 12.1 Å². The fourth-order valence-electron chi connectivity index (χ4n) is 2.95. The first-order valence-corrected chi connectivity index (χ1v) is 8.57. The standard InChI is InChI=1S/C18H22FN5O4/c1-22-15-14(16(25)23(2)18(22)26)24(10-11-5-7-12(19)8-6-11)17(21-15)20-9-13(27-3)28-4/h5-8,13H,9-10H2,1-4H3,(H,20,21). The first-order chi connectivity index (χ1) is 13.4. The molecule has 1 aromatic carbocycles. The Morgan fingerprint density at radius 3 is 2.36 bits per heavy atom. The number of hydrogen-bond acceptors (Lipinski definition) is 6.